The largest absolute Gasteiger partial charge is 0.302 e. The molecule has 0 radical (unpaired) electrons. The van der Waals surface area contributed by atoms with Gasteiger partial charge in [0.15, 0.2) is 0 Å². The predicted molar refractivity (Wildman–Crippen MR) is 71.7 cm³/mol. The molecule has 0 aliphatic heterocycles. The molecule has 16 heavy (non-hydrogen) atoms. The molecule has 4 heteroatoms. The van der Waals surface area contributed by atoms with Crippen LogP contribution in [0.5, 0.6) is 0 Å². The molecule has 0 unspecified atom stereocenters. The quantitative estimate of drug-likeness (QED) is 0.502. The van der Waals surface area contributed by atoms with Crippen LogP contribution in [0.1, 0.15) is 19.8 Å². The SMILES string of the molecule is CC1CC1.NSc1ccccc1.O=CCCl. The van der Waals surface area contributed by atoms with Crippen LogP contribution >= 0.6 is 23.5 Å². The van der Waals surface area contributed by atoms with Crippen LogP contribution in [0.25, 0.3) is 0 Å². The van der Waals surface area contributed by atoms with E-state index in [0.717, 1.165) is 10.8 Å². The fraction of sp³-hybridized carbons (Fsp3) is 0.417. The molecule has 0 heterocycles. The molecule has 1 aromatic carbocycles. The van der Waals surface area contributed by atoms with Gasteiger partial charge in [-0.05, 0) is 30.0 Å². The molecule has 0 bridgehead atoms. The Bertz CT molecular complexity index is 265. The number of rotatable bonds is 2. The van der Waals surface area contributed by atoms with Crippen LogP contribution in [0.4, 0.5) is 0 Å². The summed E-state index contributed by atoms with van der Waals surface area (Å²) in [4.78, 5) is 10.1. The fourth-order valence-corrected chi connectivity index (χ4v) is 0.980. The minimum atomic E-state index is 0.111. The predicted octanol–water partition coefficient (Wildman–Crippen LogP) is 3.49. The van der Waals surface area contributed by atoms with Crippen molar-refractivity contribution >= 4 is 29.8 Å². The van der Waals surface area contributed by atoms with Crippen LogP contribution in [0.15, 0.2) is 35.2 Å². The molecule has 1 aromatic rings. The number of halogens is 1. The molecule has 2 N–H and O–H groups in total. The third-order valence-electron chi connectivity index (χ3n) is 1.81. The first-order valence-corrected chi connectivity index (χ1v) is 6.57. The third kappa shape index (κ3) is 11.6. The number of alkyl halides is 1. The number of carbonyl (C=O) groups is 1. The molecule has 2 rings (SSSR count). The van der Waals surface area contributed by atoms with Gasteiger partial charge in [0, 0.05) is 4.90 Å². The van der Waals surface area contributed by atoms with E-state index >= 15 is 0 Å². The van der Waals surface area contributed by atoms with Crippen LogP contribution in [0, 0.1) is 5.92 Å². The van der Waals surface area contributed by atoms with Crippen LogP contribution in [-0.2, 0) is 4.79 Å². The molecule has 0 atom stereocenters. The van der Waals surface area contributed by atoms with Crippen molar-refractivity contribution in [3.63, 3.8) is 0 Å². The molecule has 1 aliphatic carbocycles. The zero-order valence-electron chi connectivity index (χ0n) is 9.43. The normalized spacial score (nSPS) is 12.7. The lowest BCUT2D eigenvalue weighted by atomic mass is 10.4. The maximum Gasteiger partial charge on any atom is 0.134 e. The highest BCUT2D eigenvalue weighted by molar-refractivity contribution is 7.97. The molecular weight excluding hydrogens is 242 g/mol. The van der Waals surface area contributed by atoms with Crippen molar-refractivity contribution in [3.05, 3.63) is 30.3 Å². The van der Waals surface area contributed by atoms with E-state index in [9.17, 15) is 0 Å². The van der Waals surface area contributed by atoms with Crippen molar-refractivity contribution in [2.75, 3.05) is 5.88 Å². The van der Waals surface area contributed by atoms with E-state index in [4.69, 9.17) is 21.5 Å². The van der Waals surface area contributed by atoms with Gasteiger partial charge < -0.3 is 4.79 Å². The van der Waals surface area contributed by atoms with Gasteiger partial charge in [-0.3, -0.25) is 5.14 Å². The highest BCUT2D eigenvalue weighted by Crippen LogP contribution is 2.26. The van der Waals surface area contributed by atoms with E-state index in [1.807, 2.05) is 30.3 Å². The average molecular weight is 260 g/mol. The zero-order chi connectivity index (χ0) is 12.2. The Labute approximate surface area is 107 Å². The Morgan fingerprint density at radius 1 is 1.44 bits per heavy atom. The Morgan fingerprint density at radius 3 is 2.06 bits per heavy atom. The van der Waals surface area contributed by atoms with E-state index in [1.54, 1.807) is 0 Å². The summed E-state index contributed by atoms with van der Waals surface area (Å²) in [5.74, 6) is 1.19. The van der Waals surface area contributed by atoms with Crippen molar-refractivity contribution in [1.82, 2.24) is 0 Å². The van der Waals surface area contributed by atoms with Gasteiger partial charge in [0.25, 0.3) is 0 Å². The minimum absolute atomic E-state index is 0.111. The second-order valence-corrected chi connectivity index (χ2v) is 4.45. The maximum atomic E-state index is 9.04. The Morgan fingerprint density at radius 2 is 1.88 bits per heavy atom. The van der Waals surface area contributed by atoms with E-state index in [2.05, 4.69) is 6.92 Å². The zero-order valence-corrected chi connectivity index (χ0v) is 11.0. The topological polar surface area (TPSA) is 43.1 Å². The lowest BCUT2D eigenvalue weighted by Crippen LogP contribution is -1.75. The van der Waals surface area contributed by atoms with E-state index in [1.165, 1.54) is 24.8 Å². The van der Waals surface area contributed by atoms with Crippen molar-refractivity contribution in [1.29, 1.82) is 0 Å². The Kier molecular flexibility index (Phi) is 10.6. The molecule has 0 aromatic heterocycles. The molecule has 1 aliphatic rings. The maximum absolute atomic E-state index is 9.04. The Hall–Kier alpha value is -0.510. The van der Waals surface area contributed by atoms with E-state index in [0.29, 0.717) is 6.29 Å². The number of aldehydes is 1. The second-order valence-electron chi connectivity index (χ2n) is 3.43. The highest BCUT2D eigenvalue weighted by atomic mass is 35.5. The summed E-state index contributed by atoms with van der Waals surface area (Å²) in [6.07, 6.45) is 3.61. The van der Waals surface area contributed by atoms with Crippen molar-refractivity contribution in [3.8, 4) is 0 Å². The van der Waals surface area contributed by atoms with Crippen LogP contribution in [-0.4, -0.2) is 12.2 Å². The van der Waals surface area contributed by atoms with Gasteiger partial charge in [0.2, 0.25) is 0 Å². The molecule has 2 nitrogen and oxygen atoms in total. The number of hydrogen-bond acceptors (Lipinski definition) is 3. The molecular formula is C12H18ClNOS. The monoisotopic (exact) mass is 259 g/mol. The van der Waals surface area contributed by atoms with Crippen LogP contribution < -0.4 is 5.14 Å². The molecule has 90 valence electrons. The summed E-state index contributed by atoms with van der Waals surface area (Å²) in [6.45, 7) is 2.28. The highest BCUT2D eigenvalue weighted by Gasteiger charge is 2.12. The lowest BCUT2D eigenvalue weighted by Gasteiger charge is -1.88. The first-order chi connectivity index (χ1) is 7.74. The van der Waals surface area contributed by atoms with Crippen LogP contribution in [0.3, 0.4) is 0 Å². The third-order valence-corrected chi connectivity index (χ3v) is 2.48. The minimum Gasteiger partial charge on any atom is -0.302 e. The smallest absolute Gasteiger partial charge is 0.134 e. The summed E-state index contributed by atoms with van der Waals surface area (Å²) >= 11 is 6.09. The van der Waals surface area contributed by atoms with Crippen LogP contribution in [0.2, 0.25) is 0 Å². The van der Waals surface area contributed by atoms with Gasteiger partial charge in [0.05, 0.1) is 5.88 Å². The van der Waals surface area contributed by atoms with Gasteiger partial charge in [0.1, 0.15) is 6.29 Å². The molecule has 0 spiro atoms. The summed E-state index contributed by atoms with van der Waals surface area (Å²) in [6, 6.07) is 9.86. The first-order valence-electron chi connectivity index (χ1n) is 5.16. The number of nitrogens with two attached hydrogens (primary N) is 1. The summed E-state index contributed by atoms with van der Waals surface area (Å²) < 4.78 is 0. The van der Waals surface area contributed by atoms with Crippen molar-refractivity contribution in [2.24, 2.45) is 11.1 Å². The number of hydrogen-bond donors (Lipinski definition) is 1. The summed E-state index contributed by atoms with van der Waals surface area (Å²) in [7, 11) is 0. The summed E-state index contributed by atoms with van der Waals surface area (Å²) in [5.41, 5.74) is 0. The van der Waals surface area contributed by atoms with Crippen molar-refractivity contribution < 1.29 is 4.79 Å². The molecule has 1 fully saturated rings. The molecule has 0 amide bonds. The van der Waals surface area contributed by atoms with Crippen molar-refractivity contribution in [2.45, 2.75) is 24.7 Å². The molecule has 1 saturated carbocycles. The first kappa shape index (κ1) is 15.5. The van der Waals surface area contributed by atoms with E-state index < -0.39 is 0 Å². The number of benzene rings is 1. The standard InChI is InChI=1S/C6H7NS.C4H8.C2H3ClO/c7-8-6-4-2-1-3-5-6;1-4-2-3-4;3-1-2-4/h1-5H,7H2;4H,2-3H2,1H3;2H,1H2. The summed E-state index contributed by atoms with van der Waals surface area (Å²) in [5, 5.41) is 5.27. The fourth-order valence-electron chi connectivity index (χ4n) is 0.666. The number of carbonyl (C=O) groups excluding carboxylic acids is 1. The van der Waals surface area contributed by atoms with Gasteiger partial charge in [-0.25, -0.2) is 0 Å². The van der Waals surface area contributed by atoms with Gasteiger partial charge in [-0.15, -0.1) is 11.6 Å². The van der Waals surface area contributed by atoms with Gasteiger partial charge in [-0.2, -0.15) is 0 Å². The van der Waals surface area contributed by atoms with Gasteiger partial charge in [-0.1, -0.05) is 38.0 Å². The lowest BCUT2D eigenvalue weighted by molar-refractivity contribution is -0.105. The van der Waals surface area contributed by atoms with E-state index in [-0.39, 0.29) is 5.88 Å². The average Bonchev–Trinajstić information content (AvgIpc) is 3.14. The van der Waals surface area contributed by atoms with Gasteiger partial charge >= 0.3 is 0 Å². The Balaban J connectivity index is 0.000000237. The second kappa shape index (κ2) is 11.0. The molecule has 0 saturated heterocycles.